The first-order chi connectivity index (χ1) is 13.1. The number of benzene rings is 2. The molecule has 0 saturated carbocycles. The molecule has 27 heavy (non-hydrogen) atoms. The zero-order valence-electron chi connectivity index (χ0n) is 14.9. The normalized spacial score (nSPS) is 16.3. The van der Waals surface area contributed by atoms with E-state index in [1.54, 1.807) is 11.0 Å². The van der Waals surface area contributed by atoms with E-state index >= 15 is 0 Å². The molecule has 0 aromatic heterocycles. The Kier molecular flexibility index (Phi) is 6.14. The quantitative estimate of drug-likeness (QED) is 0.742. The number of ether oxygens (including phenoxy) is 1. The maximum absolute atomic E-state index is 12.3. The number of anilines is 1. The summed E-state index contributed by atoms with van der Waals surface area (Å²) in [5.41, 5.74) is 1.78. The number of hydrogen-bond acceptors (Lipinski definition) is 3. The molecule has 0 spiro atoms. The summed E-state index contributed by atoms with van der Waals surface area (Å²) in [4.78, 5) is 26.0. The lowest BCUT2D eigenvalue weighted by Gasteiger charge is -2.17. The minimum Gasteiger partial charge on any atom is -0.489 e. The molecule has 0 aliphatic carbocycles. The van der Waals surface area contributed by atoms with Gasteiger partial charge in [0.25, 0.3) is 0 Å². The zero-order valence-corrected chi connectivity index (χ0v) is 15.6. The molecule has 1 aliphatic rings. The molecule has 0 radical (unpaired) electrons. The third-order valence-corrected chi connectivity index (χ3v) is 4.64. The number of nitrogens with one attached hydrogen (secondary N) is 1. The van der Waals surface area contributed by atoms with Gasteiger partial charge in [-0.3, -0.25) is 9.59 Å². The van der Waals surface area contributed by atoms with Crippen molar-refractivity contribution in [3.63, 3.8) is 0 Å². The second-order valence-corrected chi connectivity index (χ2v) is 6.78. The van der Waals surface area contributed by atoms with Crippen molar-refractivity contribution in [2.75, 3.05) is 18.0 Å². The zero-order chi connectivity index (χ0) is 19.2. The highest BCUT2D eigenvalue weighted by Crippen LogP contribution is 2.27. The standard InChI is InChI=1S/C21H21ClN2O3/c1-2-11-23-21(26)16-12-20(25)24(13-16)18-7-9-19(10-8-18)27-14-15-3-5-17(22)6-4-15/h2-10,16H,1,11-14H2,(H,23,26)/t16-/m1/s1. The molecule has 5 nitrogen and oxygen atoms in total. The van der Waals surface area contributed by atoms with Crippen LogP contribution in [0.5, 0.6) is 5.75 Å². The summed E-state index contributed by atoms with van der Waals surface area (Å²) >= 11 is 5.87. The van der Waals surface area contributed by atoms with Gasteiger partial charge in [-0.2, -0.15) is 0 Å². The van der Waals surface area contributed by atoms with Gasteiger partial charge in [0.15, 0.2) is 0 Å². The van der Waals surface area contributed by atoms with Crippen molar-refractivity contribution >= 4 is 29.1 Å². The second-order valence-electron chi connectivity index (χ2n) is 6.35. The van der Waals surface area contributed by atoms with Crippen LogP contribution in [-0.2, 0) is 16.2 Å². The number of carbonyl (C=O) groups is 2. The highest BCUT2D eigenvalue weighted by Gasteiger charge is 2.34. The molecule has 1 atom stereocenters. The average Bonchev–Trinajstić information content (AvgIpc) is 3.08. The molecule has 1 heterocycles. The van der Waals surface area contributed by atoms with Crippen LogP contribution >= 0.6 is 11.6 Å². The molecule has 140 valence electrons. The summed E-state index contributed by atoms with van der Waals surface area (Å²) in [5.74, 6) is 0.205. The fourth-order valence-electron chi connectivity index (χ4n) is 2.92. The van der Waals surface area contributed by atoms with E-state index in [0.717, 1.165) is 11.3 Å². The van der Waals surface area contributed by atoms with Gasteiger partial charge in [-0.15, -0.1) is 6.58 Å². The predicted octanol–water partition coefficient (Wildman–Crippen LogP) is 3.57. The molecule has 1 fully saturated rings. The van der Waals surface area contributed by atoms with Gasteiger partial charge in [0.05, 0.1) is 5.92 Å². The molecule has 1 N–H and O–H groups in total. The minimum atomic E-state index is -0.335. The highest BCUT2D eigenvalue weighted by molar-refractivity contribution is 6.30. The van der Waals surface area contributed by atoms with Crippen molar-refractivity contribution in [3.05, 3.63) is 71.8 Å². The van der Waals surface area contributed by atoms with E-state index < -0.39 is 0 Å². The van der Waals surface area contributed by atoms with Crippen LogP contribution in [0.25, 0.3) is 0 Å². The SMILES string of the molecule is C=CCNC(=O)[C@@H]1CC(=O)N(c2ccc(OCc3ccc(Cl)cc3)cc2)C1. The van der Waals surface area contributed by atoms with E-state index in [1.165, 1.54) is 0 Å². The van der Waals surface area contributed by atoms with Gasteiger partial charge in [-0.25, -0.2) is 0 Å². The van der Waals surface area contributed by atoms with Crippen LogP contribution in [0.3, 0.4) is 0 Å². The van der Waals surface area contributed by atoms with E-state index in [-0.39, 0.29) is 24.2 Å². The van der Waals surface area contributed by atoms with E-state index in [1.807, 2.05) is 48.5 Å². The summed E-state index contributed by atoms with van der Waals surface area (Å²) in [6.45, 7) is 4.80. The molecule has 0 bridgehead atoms. The fraction of sp³-hybridized carbons (Fsp3) is 0.238. The number of carbonyl (C=O) groups excluding carboxylic acids is 2. The van der Waals surface area contributed by atoms with Gasteiger partial charge < -0.3 is 15.0 Å². The van der Waals surface area contributed by atoms with E-state index in [4.69, 9.17) is 16.3 Å². The number of hydrogen-bond donors (Lipinski definition) is 1. The smallest absolute Gasteiger partial charge is 0.227 e. The van der Waals surface area contributed by atoms with E-state index in [9.17, 15) is 9.59 Å². The molecular weight excluding hydrogens is 364 g/mol. The van der Waals surface area contributed by atoms with Crippen molar-refractivity contribution in [3.8, 4) is 5.75 Å². The predicted molar refractivity (Wildman–Crippen MR) is 106 cm³/mol. The van der Waals surface area contributed by atoms with Crippen LogP contribution in [-0.4, -0.2) is 24.9 Å². The van der Waals surface area contributed by atoms with Gasteiger partial charge >= 0.3 is 0 Å². The molecule has 2 aromatic rings. The maximum atomic E-state index is 12.3. The van der Waals surface area contributed by atoms with Crippen LogP contribution < -0.4 is 15.0 Å². The van der Waals surface area contributed by atoms with Gasteiger partial charge in [0, 0.05) is 30.2 Å². The fourth-order valence-corrected chi connectivity index (χ4v) is 3.05. The van der Waals surface area contributed by atoms with Crippen LogP contribution in [0.4, 0.5) is 5.69 Å². The minimum absolute atomic E-state index is 0.0522. The van der Waals surface area contributed by atoms with E-state index in [0.29, 0.717) is 30.5 Å². The largest absolute Gasteiger partial charge is 0.489 e. The lowest BCUT2D eigenvalue weighted by Crippen LogP contribution is -2.32. The van der Waals surface area contributed by atoms with Crippen molar-refractivity contribution < 1.29 is 14.3 Å². The van der Waals surface area contributed by atoms with Gasteiger partial charge in [0.1, 0.15) is 12.4 Å². The third kappa shape index (κ3) is 4.89. The Bertz CT molecular complexity index is 818. The molecule has 6 heteroatoms. The van der Waals surface area contributed by atoms with Crippen LogP contribution in [0, 0.1) is 5.92 Å². The van der Waals surface area contributed by atoms with E-state index in [2.05, 4.69) is 11.9 Å². The van der Waals surface area contributed by atoms with Crippen molar-refractivity contribution in [2.45, 2.75) is 13.0 Å². The molecule has 1 saturated heterocycles. The third-order valence-electron chi connectivity index (χ3n) is 4.38. The highest BCUT2D eigenvalue weighted by atomic mass is 35.5. The van der Waals surface area contributed by atoms with Gasteiger partial charge in [-0.05, 0) is 42.0 Å². The van der Waals surface area contributed by atoms with Crippen molar-refractivity contribution in [2.24, 2.45) is 5.92 Å². The van der Waals surface area contributed by atoms with Crippen LogP contribution in [0.15, 0.2) is 61.2 Å². The molecule has 2 aromatic carbocycles. The van der Waals surface area contributed by atoms with Crippen molar-refractivity contribution in [1.82, 2.24) is 5.32 Å². The summed E-state index contributed by atoms with van der Waals surface area (Å²) in [5, 5.41) is 3.44. The summed E-state index contributed by atoms with van der Waals surface area (Å²) < 4.78 is 5.76. The molecule has 3 rings (SSSR count). The van der Waals surface area contributed by atoms with Gasteiger partial charge in [-0.1, -0.05) is 29.8 Å². The maximum Gasteiger partial charge on any atom is 0.227 e. The first kappa shape index (κ1) is 19.0. The first-order valence-electron chi connectivity index (χ1n) is 8.73. The topological polar surface area (TPSA) is 58.6 Å². The molecule has 0 unspecified atom stereocenters. The molecule has 2 amide bonds. The Morgan fingerprint density at radius 2 is 1.93 bits per heavy atom. The lowest BCUT2D eigenvalue weighted by molar-refractivity contribution is -0.126. The Morgan fingerprint density at radius 1 is 1.22 bits per heavy atom. The average molecular weight is 385 g/mol. The van der Waals surface area contributed by atoms with Crippen LogP contribution in [0.2, 0.25) is 5.02 Å². The first-order valence-corrected chi connectivity index (χ1v) is 9.11. The lowest BCUT2D eigenvalue weighted by atomic mass is 10.1. The Labute approximate surface area is 163 Å². The Hall–Kier alpha value is -2.79. The van der Waals surface area contributed by atoms with Crippen molar-refractivity contribution in [1.29, 1.82) is 0 Å². The molecular formula is C21H21ClN2O3. The number of nitrogens with zero attached hydrogens (tertiary/aromatic N) is 1. The Morgan fingerprint density at radius 3 is 2.59 bits per heavy atom. The summed E-state index contributed by atoms with van der Waals surface area (Å²) in [6.07, 6.45) is 1.84. The van der Waals surface area contributed by atoms with Gasteiger partial charge in [0.2, 0.25) is 11.8 Å². The number of halogens is 1. The monoisotopic (exact) mass is 384 g/mol. The molecule has 1 aliphatic heterocycles. The summed E-state index contributed by atoms with van der Waals surface area (Å²) in [7, 11) is 0. The number of rotatable bonds is 7. The van der Waals surface area contributed by atoms with Crippen LogP contribution in [0.1, 0.15) is 12.0 Å². The Balaban J connectivity index is 1.58. The number of amides is 2. The summed E-state index contributed by atoms with van der Waals surface area (Å²) in [6, 6.07) is 14.8. The second kappa shape index (κ2) is 8.73.